The van der Waals surface area contributed by atoms with Crippen molar-refractivity contribution in [2.45, 2.75) is 0 Å². The lowest BCUT2D eigenvalue weighted by molar-refractivity contribution is -0.383. The van der Waals surface area contributed by atoms with Crippen LogP contribution in [0.5, 0.6) is 0 Å². The van der Waals surface area contributed by atoms with Crippen LogP contribution in [0, 0.1) is 10.1 Å². The van der Waals surface area contributed by atoms with E-state index in [4.69, 9.17) is 10.8 Å². The van der Waals surface area contributed by atoms with Gasteiger partial charge in [-0.25, -0.2) is 4.79 Å². The molecule has 3 N–H and O–H groups in total. The summed E-state index contributed by atoms with van der Waals surface area (Å²) >= 11 is 2.95. The Morgan fingerprint density at radius 3 is 2.57 bits per heavy atom. The first-order valence-electron chi connectivity index (χ1n) is 3.40. The zero-order chi connectivity index (χ0) is 10.9. The number of aromatic carboxylic acids is 1. The lowest BCUT2D eigenvalue weighted by Crippen LogP contribution is -2.02. The number of nitro benzene ring substituents is 1. The number of hydrogen-bond donors (Lipinski definition) is 2. The Kier molecular flexibility index (Phi) is 2.70. The number of carboxylic acid groups (broad SMARTS) is 1. The Labute approximate surface area is 86.6 Å². The Hall–Kier alpha value is -1.63. The second-order valence-electron chi connectivity index (χ2n) is 2.45. The van der Waals surface area contributed by atoms with Gasteiger partial charge >= 0.3 is 5.97 Å². The Bertz CT molecular complexity index is 383. The van der Waals surface area contributed by atoms with E-state index in [1.165, 1.54) is 6.07 Å². The first-order valence-corrected chi connectivity index (χ1v) is 4.19. The van der Waals surface area contributed by atoms with Crippen molar-refractivity contribution < 1.29 is 14.8 Å². The third-order valence-corrected chi connectivity index (χ3v) is 2.20. The van der Waals surface area contributed by atoms with E-state index < -0.39 is 16.6 Å². The fourth-order valence-corrected chi connectivity index (χ4v) is 1.43. The van der Waals surface area contributed by atoms with E-state index in [9.17, 15) is 14.9 Å². The number of hydrogen-bond acceptors (Lipinski definition) is 4. The van der Waals surface area contributed by atoms with Gasteiger partial charge in [-0.3, -0.25) is 10.1 Å². The van der Waals surface area contributed by atoms with E-state index in [0.29, 0.717) is 0 Å². The molecule has 0 saturated carbocycles. The fourth-order valence-electron chi connectivity index (χ4n) is 0.899. The van der Waals surface area contributed by atoms with Crippen LogP contribution < -0.4 is 5.73 Å². The van der Waals surface area contributed by atoms with Crippen LogP contribution >= 0.6 is 15.9 Å². The lowest BCUT2D eigenvalue weighted by Gasteiger charge is -2.01. The van der Waals surface area contributed by atoms with Gasteiger partial charge in [0.05, 0.1) is 10.5 Å². The maximum atomic E-state index is 10.6. The number of halogens is 1. The number of carbonyl (C=O) groups is 1. The highest BCUT2D eigenvalue weighted by atomic mass is 79.9. The largest absolute Gasteiger partial charge is 0.478 e. The van der Waals surface area contributed by atoms with Crippen LogP contribution in [0.3, 0.4) is 0 Å². The average molecular weight is 261 g/mol. The predicted molar refractivity (Wildman–Crippen MR) is 52.2 cm³/mol. The van der Waals surface area contributed by atoms with Crippen LogP contribution in [0.25, 0.3) is 0 Å². The molecule has 6 nitrogen and oxygen atoms in total. The summed E-state index contributed by atoms with van der Waals surface area (Å²) in [6.07, 6.45) is 0. The van der Waals surface area contributed by atoms with Crippen LogP contribution in [0.1, 0.15) is 10.4 Å². The molecule has 0 aliphatic rings. The zero-order valence-corrected chi connectivity index (χ0v) is 8.32. The first kappa shape index (κ1) is 10.5. The summed E-state index contributed by atoms with van der Waals surface area (Å²) in [7, 11) is 0. The van der Waals surface area contributed by atoms with Crippen LogP contribution in [0.4, 0.5) is 11.4 Å². The van der Waals surface area contributed by atoms with Crippen molar-refractivity contribution in [1.82, 2.24) is 0 Å². The molecule has 0 spiro atoms. The third kappa shape index (κ3) is 1.82. The summed E-state index contributed by atoms with van der Waals surface area (Å²) in [5, 5.41) is 19.1. The van der Waals surface area contributed by atoms with Crippen molar-refractivity contribution in [3.05, 3.63) is 32.3 Å². The van der Waals surface area contributed by atoms with Crippen molar-refractivity contribution in [1.29, 1.82) is 0 Å². The molecule has 0 fully saturated rings. The molecule has 74 valence electrons. The Morgan fingerprint density at radius 2 is 2.14 bits per heavy atom. The number of nitrogens with two attached hydrogens (primary N) is 1. The van der Waals surface area contributed by atoms with Gasteiger partial charge in [-0.05, 0) is 22.0 Å². The van der Waals surface area contributed by atoms with Crippen LogP contribution in [-0.4, -0.2) is 16.0 Å². The van der Waals surface area contributed by atoms with Crippen molar-refractivity contribution >= 4 is 33.3 Å². The molecule has 1 aromatic carbocycles. The van der Waals surface area contributed by atoms with Crippen molar-refractivity contribution in [3.63, 3.8) is 0 Å². The van der Waals surface area contributed by atoms with Gasteiger partial charge in [0.15, 0.2) is 0 Å². The predicted octanol–water partition coefficient (Wildman–Crippen LogP) is 1.64. The maximum Gasteiger partial charge on any atom is 0.337 e. The number of nitro groups is 1. The van der Waals surface area contributed by atoms with Gasteiger partial charge in [-0.1, -0.05) is 0 Å². The standard InChI is InChI=1S/C7H5BrN2O4/c8-4-2-5(9)6(10(13)14)1-3(4)7(11)12/h1-2H,9H2,(H,11,12). The van der Waals surface area contributed by atoms with E-state index in [1.807, 2.05) is 0 Å². The summed E-state index contributed by atoms with van der Waals surface area (Å²) in [6.45, 7) is 0. The minimum absolute atomic E-state index is 0.0770. The molecule has 0 aromatic heterocycles. The van der Waals surface area contributed by atoms with Gasteiger partial charge in [-0.15, -0.1) is 0 Å². The summed E-state index contributed by atoms with van der Waals surface area (Å²) in [4.78, 5) is 20.3. The molecule has 0 aliphatic heterocycles. The number of carboxylic acids is 1. The van der Waals surface area contributed by atoms with Crippen molar-refractivity contribution in [2.75, 3.05) is 5.73 Å². The fraction of sp³-hybridized carbons (Fsp3) is 0. The van der Waals surface area contributed by atoms with Crippen molar-refractivity contribution in [3.8, 4) is 0 Å². The monoisotopic (exact) mass is 260 g/mol. The summed E-state index contributed by atoms with van der Waals surface area (Å²) in [5.74, 6) is -1.25. The third-order valence-electron chi connectivity index (χ3n) is 1.54. The Morgan fingerprint density at radius 1 is 1.57 bits per heavy atom. The molecule has 0 aliphatic carbocycles. The van der Waals surface area contributed by atoms with Gasteiger partial charge in [0.1, 0.15) is 5.69 Å². The van der Waals surface area contributed by atoms with Gasteiger partial charge in [0, 0.05) is 10.5 Å². The smallest absolute Gasteiger partial charge is 0.337 e. The number of nitrogens with zero attached hydrogens (tertiary/aromatic N) is 1. The molecule has 0 atom stereocenters. The number of rotatable bonds is 2. The normalized spacial score (nSPS) is 9.79. The van der Waals surface area contributed by atoms with E-state index in [2.05, 4.69) is 15.9 Å². The lowest BCUT2D eigenvalue weighted by atomic mass is 10.2. The van der Waals surface area contributed by atoms with Gasteiger partial charge in [0.25, 0.3) is 5.69 Å². The van der Waals surface area contributed by atoms with E-state index in [1.54, 1.807) is 0 Å². The molecule has 0 unspecified atom stereocenters. The molecule has 1 rings (SSSR count). The van der Waals surface area contributed by atoms with E-state index >= 15 is 0 Å². The second-order valence-corrected chi connectivity index (χ2v) is 3.31. The SMILES string of the molecule is Nc1cc(Br)c(C(=O)O)cc1[N+](=O)[O-]. The maximum absolute atomic E-state index is 10.6. The zero-order valence-electron chi connectivity index (χ0n) is 6.73. The van der Waals surface area contributed by atoms with Crippen LogP contribution in [-0.2, 0) is 0 Å². The quantitative estimate of drug-likeness (QED) is 0.478. The summed E-state index contributed by atoms with van der Waals surface area (Å²) in [6, 6.07) is 2.11. The molecule has 0 amide bonds. The van der Waals surface area contributed by atoms with Gasteiger partial charge in [-0.2, -0.15) is 0 Å². The van der Waals surface area contributed by atoms with Gasteiger partial charge in [0.2, 0.25) is 0 Å². The number of nitrogen functional groups attached to an aromatic ring is 1. The second kappa shape index (κ2) is 3.62. The molecule has 1 aromatic rings. The molecule has 0 radical (unpaired) electrons. The molecule has 7 heteroatoms. The molecular weight excluding hydrogens is 256 g/mol. The van der Waals surface area contributed by atoms with Crippen molar-refractivity contribution in [2.24, 2.45) is 0 Å². The summed E-state index contributed by atoms with van der Waals surface area (Å²) < 4.78 is 0.216. The minimum Gasteiger partial charge on any atom is -0.478 e. The van der Waals surface area contributed by atoms with Crippen LogP contribution in [0.2, 0.25) is 0 Å². The number of anilines is 1. The highest BCUT2D eigenvalue weighted by molar-refractivity contribution is 9.10. The van der Waals surface area contributed by atoms with E-state index in [0.717, 1.165) is 6.07 Å². The topological polar surface area (TPSA) is 106 Å². The molecule has 14 heavy (non-hydrogen) atoms. The number of benzene rings is 1. The highest BCUT2D eigenvalue weighted by Gasteiger charge is 2.18. The van der Waals surface area contributed by atoms with Crippen LogP contribution in [0.15, 0.2) is 16.6 Å². The van der Waals surface area contributed by atoms with Gasteiger partial charge < -0.3 is 10.8 Å². The first-order chi connectivity index (χ1) is 6.43. The molecule has 0 saturated heterocycles. The molecular formula is C7H5BrN2O4. The highest BCUT2D eigenvalue weighted by Crippen LogP contribution is 2.28. The molecule has 0 heterocycles. The van der Waals surface area contributed by atoms with E-state index in [-0.39, 0.29) is 15.7 Å². The Balaban J connectivity index is 3.42. The average Bonchev–Trinajstić information content (AvgIpc) is 2.02. The summed E-state index contributed by atoms with van der Waals surface area (Å²) in [5.41, 5.74) is 4.65. The minimum atomic E-state index is -1.25. The molecule has 0 bridgehead atoms.